The highest BCUT2D eigenvalue weighted by Gasteiger charge is 2.13. The van der Waals surface area contributed by atoms with Crippen molar-refractivity contribution in [1.29, 1.82) is 0 Å². The van der Waals surface area contributed by atoms with Gasteiger partial charge in [-0.2, -0.15) is 0 Å². The lowest BCUT2D eigenvalue weighted by Gasteiger charge is -2.13. The van der Waals surface area contributed by atoms with Gasteiger partial charge in [0.2, 0.25) is 11.7 Å². The number of benzene rings is 3. The van der Waals surface area contributed by atoms with Gasteiger partial charge in [-0.05, 0) is 47.5 Å². The lowest BCUT2D eigenvalue weighted by Crippen LogP contribution is -2.09. The number of nitrogens with one attached hydrogen (secondary N) is 1. The Hall–Kier alpha value is -4.59. The summed E-state index contributed by atoms with van der Waals surface area (Å²) in [5.74, 6) is 1.26. The van der Waals surface area contributed by atoms with Crippen LogP contribution in [-0.2, 0) is 4.79 Å². The lowest BCUT2D eigenvalue weighted by molar-refractivity contribution is -0.111. The zero-order chi connectivity index (χ0) is 25.4. The second kappa shape index (κ2) is 11.5. The van der Waals surface area contributed by atoms with Crippen LogP contribution in [0, 0.1) is 0 Å². The van der Waals surface area contributed by atoms with E-state index in [1.165, 1.54) is 46.6 Å². The Balaban J connectivity index is 1.83. The third kappa shape index (κ3) is 6.05. The van der Waals surface area contributed by atoms with E-state index in [0.717, 1.165) is 5.56 Å². The number of phenolic OH excluding ortho intramolecular Hbond substituents is 2. The topological polar surface area (TPSA) is 106 Å². The highest BCUT2D eigenvalue weighted by atomic mass is 16.5. The molecule has 0 aromatic heterocycles. The molecule has 0 aliphatic heterocycles. The van der Waals surface area contributed by atoms with Crippen molar-refractivity contribution in [1.82, 2.24) is 0 Å². The number of aromatic hydroxyl groups is 2. The molecule has 0 bridgehead atoms. The summed E-state index contributed by atoms with van der Waals surface area (Å²) in [6, 6.07) is 13.3. The number of carbonyl (C=O) groups is 1. The molecule has 3 aromatic rings. The first kappa shape index (κ1) is 25.0. The number of carbonyl (C=O) groups excluding carboxylic acids is 1. The van der Waals surface area contributed by atoms with E-state index in [1.54, 1.807) is 54.6 Å². The highest BCUT2D eigenvalue weighted by molar-refractivity contribution is 6.04. The van der Waals surface area contributed by atoms with Crippen molar-refractivity contribution >= 4 is 29.8 Å². The molecule has 3 rings (SSSR count). The molecule has 3 N–H and O–H groups in total. The second-order valence-electron chi connectivity index (χ2n) is 7.29. The number of phenols is 2. The van der Waals surface area contributed by atoms with Gasteiger partial charge in [-0.1, -0.05) is 30.4 Å². The number of para-hydroxylation sites is 1. The van der Waals surface area contributed by atoms with Crippen LogP contribution in [0.1, 0.15) is 16.7 Å². The minimum absolute atomic E-state index is 0.0324. The van der Waals surface area contributed by atoms with Crippen LogP contribution in [-0.4, -0.2) is 44.6 Å². The molecule has 8 nitrogen and oxygen atoms in total. The normalized spacial score (nSPS) is 11.0. The number of hydrogen-bond acceptors (Lipinski definition) is 7. The molecule has 182 valence electrons. The van der Waals surface area contributed by atoms with Gasteiger partial charge in [-0.3, -0.25) is 4.79 Å². The zero-order valence-corrected chi connectivity index (χ0v) is 19.9. The lowest BCUT2D eigenvalue weighted by atomic mass is 10.1. The van der Waals surface area contributed by atoms with Crippen LogP contribution >= 0.6 is 0 Å². The predicted molar refractivity (Wildman–Crippen MR) is 135 cm³/mol. The van der Waals surface area contributed by atoms with Crippen LogP contribution in [0.3, 0.4) is 0 Å². The summed E-state index contributed by atoms with van der Waals surface area (Å²) in [5, 5.41) is 23.0. The smallest absolute Gasteiger partial charge is 0.248 e. The summed E-state index contributed by atoms with van der Waals surface area (Å²) in [4.78, 5) is 12.5. The van der Waals surface area contributed by atoms with E-state index in [2.05, 4.69) is 5.32 Å². The maximum absolute atomic E-state index is 12.5. The number of amides is 1. The Labute approximate surface area is 203 Å². The molecule has 8 heteroatoms. The zero-order valence-electron chi connectivity index (χ0n) is 19.9. The van der Waals surface area contributed by atoms with E-state index < -0.39 is 5.91 Å². The first-order valence-electron chi connectivity index (χ1n) is 10.6. The molecule has 35 heavy (non-hydrogen) atoms. The van der Waals surface area contributed by atoms with Gasteiger partial charge in [0.15, 0.2) is 23.0 Å². The van der Waals surface area contributed by atoms with Crippen molar-refractivity contribution < 1.29 is 34.0 Å². The third-order valence-corrected chi connectivity index (χ3v) is 5.10. The quantitative estimate of drug-likeness (QED) is 0.227. The maximum atomic E-state index is 12.5. The summed E-state index contributed by atoms with van der Waals surface area (Å²) in [6.07, 6.45) is 6.40. The Morgan fingerprint density at radius 2 is 1.43 bits per heavy atom. The first-order chi connectivity index (χ1) is 16.9. The molecule has 0 heterocycles. The number of ether oxygens (including phenoxy) is 4. The van der Waals surface area contributed by atoms with Gasteiger partial charge in [0.1, 0.15) is 5.75 Å². The summed E-state index contributed by atoms with van der Waals surface area (Å²) in [7, 11) is 6.06. The largest absolute Gasteiger partial charge is 0.506 e. The Morgan fingerprint density at radius 3 is 2.03 bits per heavy atom. The molecule has 0 unspecified atom stereocenters. The number of anilines is 1. The fourth-order valence-corrected chi connectivity index (χ4v) is 3.36. The SMILES string of the molecule is COc1ccc(/C=C/C(=O)Nc2c(O)cccc2C=Cc2cc(OC)c(OC)c(OC)c2)cc1O. The molecular formula is C27H27NO7. The summed E-state index contributed by atoms with van der Waals surface area (Å²) < 4.78 is 21.1. The highest BCUT2D eigenvalue weighted by Crippen LogP contribution is 2.39. The fraction of sp³-hybridized carbons (Fsp3) is 0.148. The van der Waals surface area contributed by atoms with Crippen molar-refractivity contribution in [3.8, 4) is 34.5 Å². The minimum atomic E-state index is -0.454. The summed E-state index contributed by atoms with van der Waals surface area (Å²) >= 11 is 0. The molecule has 0 aliphatic carbocycles. The van der Waals surface area contributed by atoms with Gasteiger partial charge in [0.25, 0.3) is 0 Å². The number of methoxy groups -OCH3 is 4. The molecule has 1 amide bonds. The van der Waals surface area contributed by atoms with E-state index in [9.17, 15) is 15.0 Å². The van der Waals surface area contributed by atoms with Crippen LogP contribution < -0.4 is 24.3 Å². The van der Waals surface area contributed by atoms with Crippen molar-refractivity contribution in [3.63, 3.8) is 0 Å². The average Bonchev–Trinajstić information content (AvgIpc) is 2.87. The van der Waals surface area contributed by atoms with Crippen molar-refractivity contribution in [2.75, 3.05) is 33.8 Å². The summed E-state index contributed by atoms with van der Waals surface area (Å²) in [5.41, 5.74) is 2.21. The van der Waals surface area contributed by atoms with Gasteiger partial charge in [-0.25, -0.2) is 0 Å². The van der Waals surface area contributed by atoms with Crippen molar-refractivity contribution in [2.45, 2.75) is 0 Å². The monoisotopic (exact) mass is 477 g/mol. The van der Waals surface area contributed by atoms with Gasteiger partial charge in [0, 0.05) is 11.6 Å². The predicted octanol–water partition coefficient (Wildman–Crippen LogP) is 4.95. The van der Waals surface area contributed by atoms with Gasteiger partial charge in [-0.15, -0.1) is 0 Å². The van der Waals surface area contributed by atoms with Crippen molar-refractivity contribution in [2.24, 2.45) is 0 Å². The minimum Gasteiger partial charge on any atom is -0.506 e. The third-order valence-electron chi connectivity index (χ3n) is 5.10. The first-order valence-corrected chi connectivity index (χ1v) is 10.6. The molecule has 0 saturated heterocycles. The van der Waals surface area contributed by atoms with E-state index >= 15 is 0 Å². The van der Waals surface area contributed by atoms with E-state index in [4.69, 9.17) is 18.9 Å². The van der Waals surface area contributed by atoms with E-state index in [0.29, 0.717) is 34.1 Å². The maximum Gasteiger partial charge on any atom is 0.248 e. The van der Waals surface area contributed by atoms with Crippen LogP contribution in [0.15, 0.2) is 54.6 Å². The van der Waals surface area contributed by atoms with E-state index in [1.807, 2.05) is 0 Å². The molecule has 3 aromatic carbocycles. The fourth-order valence-electron chi connectivity index (χ4n) is 3.36. The van der Waals surface area contributed by atoms with Gasteiger partial charge >= 0.3 is 0 Å². The van der Waals surface area contributed by atoms with Crippen molar-refractivity contribution in [3.05, 3.63) is 71.3 Å². The molecule has 0 fully saturated rings. The summed E-state index contributed by atoms with van der Waals surface area (Å²) in [6.45, 7) is 0. The van der Waals surface area contributed by atoms with Crippen LogP contribution in [0.4, 0.5) is 5.69 Å². The van der Waals surface area contributed by atoms with Crippen LogP contribution in [0.25, 0.3) is 18.2 Å². The van der Waals surface area contributed by atoms with Crippen LogP contribution in [0.2, 0.25) is 0 Å². The molecular weight excluding hydrogens is 450 g/mol. The number of rotatable bonds is 9. The molecule has 0 saturated carbocycles. The van der Waals surface area contributed by atoms with Crippen LogP contribution in [0.5, 0.6) is 34.5 Å². The molecule has 0 spiro atoms. The molecule has 0 atom stereocenters. The van der Waals surface area contributed by atoms with Gasteiger partial charge < -0.3 is 34.5 Å². The molecule has 0 radical (unpaired) electrons. The standard InChI is InChI=1S/C27H27NO7/c1-32-22-12-9-17(14-21(22)30)10-13-25(31)28-26-19(6-5-7-20(26)29)11-8-18-15-23(33-2)27(35-4)24(16-18)34-3/h5-16,29-30H,1-4H3,(H,28,31)/b11-8?,13-10+. The Morgan fingerprint density at radius 1 is 0.743 bits per heavy atom. The second-order valence-corrected chi connectivity index (χ2v) is 7.29. The Kier molecular flexibility index (Phi) is 8.24. The number of hydrogen-bond donors (Lipinski definition) is 3. The Bertz CT molecular complexity index is 1240. The van der Waals surface area contributed by atoms with E-state index in [-0.39, 0.29) is 17.2 Å². The molecule has 0 aliphatic rings. The van der Waals surface area contributed by atoms with Gasteiger partial charge in [0.05, 0.1) is 34.1 Å². The average molecular weight is 478 g/mol.